The van der Waals surface area contributed by atoms with Crippen LogP contribution in [0.3, 0.4) is 0 Å². The van der Waals surface area contributed by atoms with E-state index in [1.807, 2.05) is 0 Å². The maximum atomic E-state index is 13.5. The Hall–Kier alpha value is -4.73. The highest BCUT2D eigenvalue weighted by Gasteiger charge is 2.73. The number of β-lactam (4-membered cyclic amide) rings is 1. The molecule has 0 radical (unpaired) electrons. The van der Waals surface area contributed by atoms with E-state index < -0.39 is 57.1 Å². The third kappa shape index (κ3) is 3.82. The van der Waals surface area contributed by atoms with Crippen molar-refractivity contribution < 1.29 is 29.1 Å². The van der Waals surface area contributed by atoms with Crippen LogP contribution in [0.15, 0.2) is 47.7 Å². The van der Waals surface area contributed by atoms with E-state index in [1.54, 1.807) is 44.2 Å². The first kappa shape index (κ1) is 25.9. The smallest absolute Gasteiger partial charge is 0.352 e. The Balaban J connectivity index is 1.41. The monoisotopic (exact) mass is 554 g/mol. The molecule has 39 heavy (non-hydrogen) atoms. The molecule has 1 aromatic carbocycles. The van der Waals surface area contributed by atoms with Crippen LogP contribution >= 0.6 is 11.8 Å². The lowest BCUT2D eigenvalue weighted by Crippen LogP contribution is -2.79. The van der Waals surface area contributed by atoms with Gasteiger partial charge in [-0.2, -0.15) is 4.52 Å². The number of rotatable bonds is 8. The molecular weight excluding hydrogens is 532 g/mol. The van der Waals surface area contributed by atoms with Crippen LogP contribution in [0.25, 0.3) is 5.78 Å². The van der Waals surface area contributed by atoms with Crippen LogP contribution in [0.1, 0.15) is 35.8 Å². The second-order valence-corrected chi connectivity index (χ2v) is 11.0. The molecule has 0 saturated carbocycles. The fraction of sp³-hybridized carbons (Fsp3) is 0.304. The van der Waals surface area contributed by atoms with E-state index >= 15 is 0 Å². The molecule has 2 aliphatic heterocycles. The van der Waals surface area contributed by atoms with Gasteiger partial charge in [0.1, 0.15) is 29.3 Å². The van der Waals surface area contributed by atoms with Crippen molar-refractivity contribution in [1.29, 1.82) is 0 Å². The summed E-state index contributed by atoms with van der Waals surface area (Å²) in [5.74, 6) is -3.73. The van der Waals surface area contributed by atoms with Gasteiger partial charge in [0.15, 0.2) is 0 Å². The molecule has 202 valence electrons. The first-order valence-electron chi connectivity index (χ1n) is 11.6. The van der Waals surface area contributed by atoms with Crippen molar-refractivity contribution in [3.8, 4) is 0 Å². The molecule has 0 bridgehead atoms. The van der Waals surface area contributed by atoms with Gasteiger partial charge in [0, 0.05) is 6.20 Å². The molecule has 4 atom stereocenters. The molecular formula is C23H22N8O7S. The third-order valence-electron chi connectivity index (χ3n) is 6.79. The zero-order chi connectivity index (χ0) is 28.1. The molecule has 3 aromatic rings. The van der Waals surface area contributed by atoms with Crippen LogP contribution in [-0.2, 0) is 19.2 Å². The number of hydrogen-bond donors (Lipinski definition) is 5. The number of carbonyl (C=O) groups is 5. The lowest BCUT2D eigenvalue weighted by Gasteiger charge is -2.49. The number of benzene rings is 1. The lowest BCUT2D eigenvalue weighted by atomic mass is 9.88. The molecule has 15 nitrogen and oxygen atoms in total. The van der Waals surface area contributed by atoms with Crippen LogP contribution in [0.5, 0.6) is 0 Å². The van der Waals surface area contributed by atoms with Crippen LogP contribution in [0, 0.1) is 0 Å². The Morgan fingerprint density at radius 2 is 1.90 bits per heavy atom. The summed E-state index contributed by atoms with van der Waals surface area (Å²) in [5, 5.41) is 19.1. The van der Waals surface area contributed by atoms with Gasteiger partial charge in [0.2, 0.25) is 18.0 Å². The molecule has 2 saturated heterocycles. The van der Waals surface area contributed by atoms with E-state index in [-0.39, 0.29) is 17.8 Å². The van der Waals surface area contributed by atoms with Crippen LogP contribution in [-0.4, -0.2) is 81.5 Å². The molecule has 5 N–H and O–H groups in total. The van der Waals surface area contributed by atoms with Gasteiger partial charge in [-0.3, -0.25) is 34.0 Å². The number of amides is 4. The number of nitrogens with zero attached hydrogens (tertiary/aromatic N) is 4. The highest BCUT2D eigenvalue weighted by molar-refractivity contribution is 8.01. The van der Waals surface area contributed by atoms with E-state index in [2.05, 4.69) is 31.0 Å². The predicted octanol–water partition coefficient (Wildman–Crippen LogP) is -1.41. The number of carboxylic acid groups (broad SMARTS) is 1. The normalized spacial score (nSPS) is 23.8. The number of aliphatic carboxylic acids is 1. The predicted molar refractivity (Wildman–Crippen MR) is 134 cm³/mol. The Bertz CT molecular complexity index is 1570. The number of carbonyl (C=O) groups excluding carboxylic acids is 4. The molecule has 4 heterocycles. The zero-order valence-electron chi connectivity index (χ0n) is 20.4. The van der Waals surface area contributed by atoms with Crippen molar-refractivity contribution in [2.24, 2.45) is 0 Å². The average Bonchev–Trinajstić information content (AvgIpc) is 3.47. The fourth-order valence-electron chi connectivity index (χ4n) is 4.85. The molecule has 0 spiro atoms. The molecule has 16 heteroatoms. The van der Waals surface area contributed by atoms with E-state index in [9.17, 15) is 33.9 Å². The number of hydrogen-bond acceptors (Lipinski definition) is 9. The molecule has 2 aromatic heterocycles. The summed E-state index contributed by atoms with van der Waals surface area (Å²) < 4.78 is -0.178. The standard InChI is InChI=1S/C23H22N8O7S/c1-22(2)23(20(37)38,26-10-32)30-18(36)14(19(30)39-22)29-16(34)13(11-6-4-3-5-7-11)28-15(33)12-8-24-21-25-9-27-31(21)17(12)35/h3-10,13-14,19H,1-2H3,(H,26,32)(H,28,33)(H,29,34)(H,37,38)(H,24,25,27)/t13?,14-,19+,23-/m0/s1. The van der Waals surface area contributed by atoms with E-state index in [0.29, 0.717) is 5.56 Å². The first-order chi connectivity index (χ1) is 18.5. The number of carboxylic acids is 1. The van der Waals surface area contributed by atoms with Crippen LogP contribution < -0.4 is 21.5 Å². The largest absolute Gasteiger partial charge is 0.478 e. The Morgan fingerprint density at radius 3 is 2.56 bits per heavy atom. The summed E-state index contributed by atoms with van der Waals surface area (Å²) in [6.07, 6.45) is 2.50. The minimum absolute atomic E-state index is 0.0560. The fourth-order valence-corrected chi connectivity index (χ4v) is 6.55. The molecule has 5 rings (SSSR count). The van der Waals surface area contributed by atoms with Gasteiger partial charge in [0.25, 0.3) is 23.2 Å². The van der Waals surface area contributed by atoms with Gasteiger partial charge in [-0.05, 0) is 19.4 Å². The summed E-state index contributed by atoms with van der Waals surface area (Å²) in [6.45, 7) is 3.14. The molecule has 2 fully saturated rings. The number of aromatic amines is 1. The maximum absolute atomic E-state index is 13.5. The van der Waals surface area contributed by atoms with Crippen molar-refractivity contribution in [2.75, 3.05) is 0 Å². The van der Waals surface area contributed by atoms with Crippen molar-refractivity contribution in [2.45, 2.75) is 41.7 Å². The highest BCUT2D eigenvalue weighted by Crippen LogP contribution is 2.55. The molecule has 1 unspecified atom stereocenters. The quantitative estimate of drug-likeness (QED) is 0.162. The topological polar surface area (TPSA) is 208 Å². The molecule has 2 aliphatic rings. The molecule has 4 amide bonds. The second-order valence-electron chi connectivity index (χ2n) is 9.31. The number of aromatic nitrogens is 4. The summed E-state index contributed by atoms with van der Waals surface area (Å²) >= 11 is 1.11. The average molecular weight is 555 g/mol. The Labute approximate surface area is 223 Å². The summed E-state index contributed by atoms with van der Waals surface area (Å²) in [7, 11) is 0. The van der Waals surface area contributed by atoms with E-state index in [1.165, 1.54) is 6.33 Å². The third-order valence-corrected chi connectivity index (χ3v) is 8.40. The first-order valence-corrected chi connectivity index (χ1v) is 12.4. The van der Waals surface area contributed by atoms with Crippen molar-refractivity contribution in [3.63, 3.8) is 0 Å². The second kappa shape index (κ2) is 9.23. The Kier molecular flexibility index (Phi) is 6.13. The van der Waals surface area contributed by atoms with Gasteiger partial charge in [-0.25, -0.2) is 14.8 Å². The van der Waals surface area contributed by atoms with Crippen LogP contribution in [0.2, 0.25) is 0 Å². The molecule has 0 aliphatic carbocycles. The van der Waals surface area contributed by atoms with Crippen molar-refractivity contribution in [3.05, 3.63) is 64.3 Å². The Morgan fingerprint density at radius 1 is 1.18 bits per heavy atom. The van der Waals surface area contributed by atoms with Gasteiger partial charge >= 0.3 is 5.97 Å². The zero-order valence-corrected chi connectivity index (χ0v) is 21.3. The van der Waals surface area contributed by atoms with Gasteiger partial charge in [0.05, 0.1) is 4.75 Å². The number of H-pyrrole nitrogens is 1. The summed E-state index contributed by atoms with van der Waals surface area (Å²) in [4.78, 5) is 84.7. The van der Waals surface area contributed by atoms with Crippen molar-refractivity contribution in [1.82, 2.24) is 40.4 Å². The highest BCUT2D eigenvalue weighted by atomic mass is 32.2. The van der Waals surface area contributed by atoms with E-state index in [4.69, 9.17) is 0 Å². The number of nitrogens with one attached hydrogen (secondary N) is 4. The number of fused-ring (bicyclic) bond motifs is 2. The SMILES string of the molecule is CC1(C)S[C@@H]2[C@@H](NC(=O)C(NC(=O)c3cnc4nc[nH]n4c3=O)c3ccccc3)C(=O)N2[C@@]1(NC=O)C(=O)O. The minimum Gasteiger partial charge on any atom is -0.478 e. The van der Waals surface area contributed by atoms with Crippen molar-refractivity contribution >= 4 is 47.6 Å². The van der Waals surface area contributed by atoms with Gasteiger partial charge in [-0.1, -0.05) is 30.3 Å². The number of thioether (sulfide) groups is 1. The summed E-state index contributed by atoms with van der Waals surface area (Å²) in [6, 6.07) is 5.71. The summed E-state index contributed by atoms with van der Waals surface area (Å²) in [5.41, 5.74) is -2.74. The van der Waals surface area contributed by atoms with Crippen LogP contribution in [0.4, 0.5) is 0 Å². The van der Waals surface area contributed by atoms with Gasteiger partial charge in [-0.15, -0.1) is 11.8 Å². The lowest BCUT2D eigenvalue weighted by molar-refractivity contribution is -0.175. The minimum atomic E-state index is -2.02. The van der Waals surface area contributed by atoms with E-state index in [0.717, 1.165) is 27.4 Å². The van der Waals surface area contributed by atoms with Gasteiger partial charge < -0.3 is 21.1 Å². The maximum Gasteiger partial charge on any atom is 0.352 e.